The molecular formula is C14H18F4O5S. The first-order chi connectivity index (χ1) is 11.1. The minimum absolute atomic E-state index is 0.0600. The Labute approximate surface area is 140 Å². The fraction of sp³-hybridized carbons (Fsp3) is 0.929. The minimum Gasteiger partial charge on any atom is -0.455 e. The van der Waals surface area contributed by atoms with E-state index in [0.717, 1.165) is 32.1 Å². The van der Waals surface area contributed by atoms with Crippen LogP contribution in [-0.4, -0.2) is 28.0 Å². The van der Waals surface area contributed by atoms with Crippen LogP contribution >= 0.6 is 12.0 Å². The van der Waals surface area contributed by atoms with E-state index >= 15 is 0 Å². The maximum Gasteiger partial charge on any atom is 0.446 e. The molecule has 24 heavy (non-hydrogen) atoms. The number of alkyl halides is 4. The normalized spacial score (nSPS) is 40.4. The van der Waals surface area contributed by atoms with Crippen molar-refractivity contribution in [3.05, 3.63) is 0 Å². The molecule has 1 N–H and O–H groups in total. The van der Waals surface area contributed by atoms with E-state index in [0.29, 0.717) is 11.8 Å². The second-order valence-electron chi connectivity index (χ2n) is 7.20. The summed E-state index contributed by atoms with van der Waals surface area (Å²) < 4.78 is 62.0. The van der Waals surface area contributed by atoms with E-state index in [4.69, 9.17) is 9.99 Å². The molecule has 0 aromatic heterocycles. The SMILES string of the molecule is CC1(OC(=O)C(F)(SOOO)C(F)(F)F)C2CC3CC(C2)CC1C3. The number of carbonyl (C=O) groups is 1. The molecule has 4 saturated carbocycles. The smallest absolute Gasteiger partial charge is 0.446 e. The lowest BCUT2D eigenvalue weighted by atomic mass is 9.50. The summed E-state index contributed by atoms with van der Waals surface area (Å²) in [6.45, 7) is 1.60. The van der Waals surface area contributed by atoms with Gasteiger partial charge < -0.3 is 4.74 Å². The number of halogens is 4. The van der Waals surface area contributed by atoms with Gasteiger partial charge in [0.2, 0.25) is 0 Å². The van der Waals surface area contributed by atoms with Gasteiger partial charge in [0.1, 0.15) is 5.60 Å². The third-order valence-corrected chi connectivity index (χ3v) is 6.64. The van der Waals surface area contributed by atoms with Gasteiger partial charge in [0, 0.05) is 0 Å². The molecule has 0 spiro atoms. The van der Waals surface area contributed by atoms with Crippen LogP contribution in [0.25, 0.3) is 0 Å². The van der Waals surface area contributed by atoms with Gasteiger partial charge in [-0.15, -0.1) is 4.33 Å². The highest BCUT2D eigenvalue weighted by atomic mass is 32.2. The maximum atomic E-state index is 14.3. The summed E-state index contributed by atoms with van der Waals surface area (Å²) >= 11 is -0.975. The van der Waals surface area contributed by atoms with Crippen molar-refractivity contribution in [1.29, 1.82) is 0 Å². The Morgan fingerprint density at radius 1 is 1.08 bits per heavy atom. The fourth-order valence-corrected chi connectivity index (χ4v) is 5.14. The summed E-state index contributed by atoms with van der Waals surface area (Å²) in [5.41, 5.74) is -1.12. The van der Waals surface area contributed by atoms with Gasteiger partial charge >= 0.3 is 17.1 Å². The van der Waals surface area contributed by atoms with E-state index in [1.165, 1.54) is 0 Å². The van der Waals surface area contributed by atoms with E-state index in [9.17, 15) is 22.4 Å². The fourth-order valence-electron chi connectivity index (χ4n) is 4.81. The van der Waals surface area contributed by atoms with Crippen molar-refractivity contribution in [2.24, 2.45) is 23.7 Å². The summed E-state index contributed by atoms with van der Waals surface area (Å²) in [4.78, 5) is 12.1. The number of hydrogen-bond donors (Lipinski definition) is 1. The lowest BCUT2D eigenvalue weighted by molar-refractivity contribution is -0.433. The Kier molecular flexibility index (Phi) is 4.55. The lowest BCUT2D eigenvalue weighted by Crippen LogP contribution is -2.60. The average Bonchev–Trinajstić information content (AvgIpc) is 2.48. The number of rotatable bonds is 5. The lowest BCUT2D eigenvalue weighted by Gasteiger charge is -2.59. The van der Waals surface area contributed by atoms with Crippen LogP contribution in [0.2, 0.25) is 0 Å². The van der Waals surface area contributed by atoms with Crippen molar-refractivity contribution in [1.82, 2.24) is 0 Å². The first-order valence-corrected chi connectivity index (χ1v) is 8.49. The van der Waals surface area contributed by atoms with E-state index < -0.39 is 34.8 Å². The van der Waals surface area contributed by atoms with Crippen molar-refractivity contribution in [2.75, 3.05) is 0 Å². The maximum absolute atomic E-state index is 14.3. The number of carbonyl (C=O) groups excluding carboxylic acids is 1. The van der Waals surface area contributed by atoms with Gasteiger partial charge in [0.25, 0.3) is 0 Å². The minimum atomic E-state index is -5.59. The van der Waals surface area contributed by atoms with Crippen LogP contribution in [0.5, 0.6) is 0 Å². The zero-order chi connectivity index (χ0) is 17.8. The Balaban J connectivity index is 1.79. The molecule has 0 amide bonds. The first kappa shape index (κ1) is 18.2. The van der Waals surface area contributed by atoms with Crippen molar-refractivity contribution >= 4 is 18.0 Å². The number of hydrogen-bond acceptors (Lipinski definition) is 6. The molecule has 4 rings (SSSR count). The predicted octanol–water partition coefficient (Wildman–Crippen LogP) is 4.04. The third kappa shape index (κ3) is 2.81. The molecule has 0 heterocycles. The summed E-state index contributed by atoms with van der Waals surface area (Å²) in [6, 6.07) is 0. The van der Waals surface area contributed by atoms with Gasteiger partial charge in [-0.05, 0) is 62.7 Å². The van der Waals surface area contributed by atoms with Gasteiger partial charge in [-0.3, -0.25) is 0 Å². The van der Waals surface area contributed by atoms with Gasteiger partial charge in [0.05, 0.1) is 12.0 Å². The summed E-state index contributed by atoms with van der Waals surface area (Å²) in [6.07, 6.45) is -1.34. The summed E-state index contributed by atoms with van der Waals surface area (Å²) in [5, 5.41) is 6.51. The van der Waals surface area contributed by atoms with Crippen LogP contribution in [0.3, 0.4) is 0 Å². The molecule has 1 unspecified atom stereocenters. The standard InChI is InChI=1S/C14H18F4O5S/c1-12(9-3-7-2-8(5-9)6-10(12)4-7)21-11(19)13(15,14(16,17)18)24-23-22-20/h7-10,20H,2-6H2,1H3. The first-order valence-electron chi connectivity index (χ1n) is 7.75. The molecule has 0 saturated heterocycles. The summed E-state index contributed by atoms with van der Waals surface area (Å²) in [7, 11) is 0. The Bertz CT molecular complexity index is 486. The zero-order valence-electron chi connectivity index (χ0n) is 12.8. The van der Waals surface area contributed by atoms with Crippen molar-refractivity contribution in [2.45, 2.75) is 55.8 Å². The molecule has 4 fully saturated rings. The average molecular weight is 374 g/mol. The molecule has 4 aliphatic carbocycles. The highest BCUT2D eigenvalue weighted by molar-refractivity contribution is 7.96. The highest BCUT2D eigenvalue weighted by Crippen LogP contribution is 2.60. The zero-order valence-corrected chi connectivity index (χ0v) is 13.7. The Hall–Kier alpha value is -0.580. The van der Waals surface area contributed by atoms with Crippen LogP contribution < -0.4 is 0 Å². The van der Waals surface area contributed by atoms with Gasteiger partial charge in [-0.1, -0.05) is 5.04 Å². The van der Waals surface area contributed by atoms with E-state index in [1.807, 2.05) is 0 Å². The molecule has 0 aromatic carbocycles. The summed E-state index contributed by atoms with van der Waals surface area (Å²) in [5.74, 6) is -1.17. The van der Waals surface area contributed by atoms with E-state index in [1.54, 1.807) is 6.92 Å². The van der Waals surface area contributed by atoms with E-state index in [2.05, 4.69) is 9.37 Å². The number of ether oxygens (including phenoxy) is 1. The molecule has 1 atom stereocenters. The van der Waals surface area contributed by atoms with Crippen molar-refractivity contribution < 1.29 is 41.7 Å². The van der Waals surface area contributed by atoms with Gasteiger partial charge in [0.15, 0.2) is 0 Å². The molecule has 4 aliphatic rings. The quantitative estimate of drug-likeness (QED) is 0.258. The molecule has 0 radical (unpaired) electrons. The predicted molar refractivity (Wildman–Crippen MR) is 73.8 cm³/mol. The van der Waals surface area contributed by atoms with E-state index in [-0.39, 0.29) is 11.8 Å². The van der Waals surface area contributed by atoms with Crippen LogP contribution in [0, 0.1) is 23.7 Å². The number of esters is 1. The monoisotopic (exact) mass is 374 g/mol. The molecule has 0 aromatic rings. The third-order valence-electron chi connectivity index (χ3n) is 5.88. The van der Waals surface area contributed by atoms with Crippen LogP contribution in [0.1, 0.15) is 39.0 Å². The van der Waals surface area contributed by atoms with Crippen molar-refractivity contribution in [3.8, 4) is 0 Å². The highest BCUT2D eigenvalue weighted by Gasteiger charge is 2.68. The topological polar surface area (TPSA) is 65.0 Å². The molecular weight excluding hydrogens is 356 g/mol. The van der Waals surface area contributed by atoms with Crippen LogP contribution in [0.4, 0.5) is 17.6 Å². The Morgan fingerprint density at radius 3 is 2.00 bits per heavy atom. The largest absolute Gasteiger partial charge is 0.455 e. The molecule has 4 bridgehead atoms. The second kappa shape index (κ2) is 6.00. The van der Waals surface area contributed by atoms with Crippen LogP contribution in [0.15, 0.2) is 0 Å². The van der Waals surface area contributed by atoms with Gasteiger partial charge in [-0.2, -0.15) is 13.2 Å². The van der Waals surface area contributed by atoms with Crippen molar-refractivity contribution in [3.63, 3.8) is 0 Å². The molecule has 138 valence electrons. The Morgan fingerprint density at radius 2 is 1.58 bits per heavy atom. The molecule has 5 nitrogen and oxygen atoms in total. The molecule has 10 heteroatoms. The van der Waals surface area contributed by atoms with Gasteiger partial charge in [-0.25, -0.2) is 14.4 Å². The second-order valence-corrected chi connectivity index (χ2v) is 8.06. The molecule has 0 aliphatic heterocycles. The van der Waals surface area contributed by atoms with Crippen LogP contribution in [-0.2, 0) is 18.9 Å².